The van der Waals surface area contributed by atoms with Gasteiger partial charge in [-0.3, -0.25) is 9.78 Å². The van der Waals surface area contributed by atoms with Crippen molar-refractivity contribution in [2.45, 2.75) is 32.2 Å². The van der Waals surface area contributed by atoms with Crippen LogP contribution in [0.3, 0.4) is 0 Å². The molecule has 5 nitrogen and oxygen atoms in total. The number of fused-ring (bicyclic) bond motifs is 1. The number of hydrogen-bond donors (Lipinski definition) is 2. The van der Waals surface area contributed by atoms with Crippen LogP contribution in [-0.2, 0) is 19.4 Å². The topological polar surface area (TPSA) is 63.2 Å². The fourth-order valence-electron chi connectivity index (χ4n) is 3.55. The fraction of sp³-hybridized carbons (Fsp3) is 0.273. The maximum atomic E-state index is 13.2. The quantitative estimate of drug-likeness (QED) is 0.626. The maximum Gasteiger partial charge on any atom is 0.259 e. The molecule has 1 amide bonds. The maximum absolute atomic E-state index is 13.2. The molecular weight excluding hydrogens is 370 g/mol. The van der Waals surface area contributed by atoms with E-state index in [4.69, 9.17) is 4.74 Å². The Morgan fingerprint density at radius 3 is 2.86 bits per heavy atom. The lowest BCUT2D eigenvalue weighted by molar-refractivity contribution is 0.102. The average molecular weight is 394 g/mol. The molecular formula is C22H23N3O2S. The number of anilines is 2. The number of benzene rings is 1. The summed E-state index contributed by atoms with van der Waals surface area (Å²) >= 11 is 1.71. The molecule has 0 unspecified atom stereocenters. The lowest BCUT2D eigenvalue weighted by atomic mass is 9.95. The predicted molar refractivity (Wildman–Crippen MR) is 113 cm³/mol. The normalized spacial score (nSPS) is 12.9. The molecule has 28 heavy (non-hydrogen) atoms. The number of carbonyl (C=O) groups is 1. The molecule has 2 heterocycles. The van der Waals surface area contributed by atoms with Crippen molar-refractivity contribution in [3.05, 3.63) is 70.4 Å². The first-order chi connectivity index (χ1) is 13.8. The molecule has 0 radical (unpaired) electrons. The highest BCUT2D eigenvalue weighted by molar-refractivity contribution is 7.16. The molecule has 0 atom stereocenters. The Hall–Kier alpha value is -2.86. The number of para-hydroxylation sites is 2. The number of nitrogens with zero attached hydrogens (tertiary/aromatic N) is 1. The Balaban J connectivity index is 1.62. The third kappa shape index (κ3) is 3.87. The van der Waals surface area contributed by atoms with Crippen molar-refractivity contribution in [3.8, 4) is 5.75 Å². The van der Waals surface area contributed by atoms with Crippen molar-refractivity contribution >= 4 is 27.9 Å². The number of methoxy groups -OCH3 is 1. The van der Waals surface area contributed by atoms with Crippen LogP contribution >= 0.6 is 11.3 Å². The number of rotatable bonds is 6. The lowest BCUT2D eigenvalue weighted by Crippen LogP contribution is -2.17. The van der Waals surface area contributed by atoms with Gasteiger partial charge in [-0.1, -0.05) is 18.2 Å². The Bertz CT molecular complexity index is 969. The van der Waals surface area contributed by atoms with Gasteiger partial charge in [-0.15, -0.1) is 11.3 Å². The minimum atomic E-state index is -0.0856. The highest BCUT2D eigenvalue weighted by atomic mass is 32.1. The van der Waals surface area contributed by atoms with Crippen molar-refractivity contribution in [3.63, 3.8) is 0 Å². The Labute approximate surface area is 168 Å². The van der Waals surface area contributed by atoms with E-state index in [1.165, 1.54) is 16.9 Å². The molecule has 2 aromatic heterocycles. The lowest BCUT2D eigenvalue weighted by Gasteiger charge is -2.14. The highest BCUT2D eigenvalue weighted by Gasteiger charge is 2.26. The van der Waals surface area contributed by atoms with Crippen LogP contribution in [0.4, 0.5) is 10.7 Å². The predicted octanol–water partition coefficient (Wildman–Crippen LogP) is 4.89. The number of amides is 1. The van der Waals surface area contributed by atoms with Gasteiger partial charge in [0, 0.05) is 23.8 Å². The first-order valence-corrected chi connectivity index (χ1v) is 10.3. The molecule has 144 valence electrons. The number of thiophene rings is 1. The zero-order valence-electron chi connectivity index (χ0n) is 15.8. The number of nitrogens with one attached hydrogen (secondary N) is 2. The molecule has 0 fully saturated rings. The minimum absolute atomic E-state index is 0.0856. The van der Waals surface area contributed by atoms with Crippen LogP contribution in [0, 0.1) is 0 Å². The van der Waals surface area contributed by atoms with Crippen LogP contribution in [-0.4, -0.2) is 18.0 Å². The van der Waals surface area contributed by atoms with Gasteiger partial charge in [0.1, 0.15) is 10.8 Å². The van der Waals surface area contributed by atoms with Crippen LogP contribution in [0.5, 0.6) is 5.75 Å². The highest BCUT2D eigenvalue weighted by Crippen LogP contribution is 2.39. The second kappa shape index (κ2) is 8.44. The van der Waals surface area contributed by atoms with Crippen molar-refractivity contribution in [2.75, 3.05) is 17.7 Å². The van der Waals surface area contributed by atoms with Crippen LogP contribution < -0.4 is 15.4 Å². The van der Waals surface area contributed by atoms with E-state index in [0.717, 1.165) is 35.4 Å². The molecule has 1 aliphatic carbocycles. The summed E-state index contributed by atoms with van der Waals surface area (Å²) in [6, 6.07) is 11.4. The van der Waals surface area contributed by atoms with E-state index in [-0.39, 0.29) is 5.91 Å². The smallest absolute Gasteiger partial charge is 0.259 e. The van der Waals surface area contributed by atoms with Gasteiger partial charge in [0.2, 0.25) is 0 Å². The first kappa shape index (κ1) is 18.5. The van der Waals surface area contributed by atoms with E-state index in [2.05, 4.69) is 15.6 Å². The number of aryl methyl sites for hydroxylation is 1. The molecule has 0 saturated carbocycles. The van der Waals surface area contributed by atoms with Gasteiger partial charge in [0.25, 0.3) is 5.91 Å². The van der Waals surface area contributed by atoms with E-state index in [0.29, 0.717) is 18.0 Å². The Morgan fingerprint density at radius 2 is 2.04 bits per heavy atom. The molecule has 1 aromatic carbocycles. The number of pyridine rings is 1. The van der Waals surface area contributed by atoms with Crippen LogP contribution in [0.2, 0.25) is 0 Å². The van der Waals surface area contributed by atoms with Crippen molar-refractivity contribution in [1.82, 2.24) is 4.98 Å². The van der Waals surface area contributed by atoms with Crippen molar-refractivity contribution in [1.29, 1.82) is 0 Å². The third-order valence-corrected chi connectivity index (χ3v) is 6.18. The van der Waals surface area contributed by atoms with Gasteiger partial charge < -0.3 is 15.4 Å². The minimum Gasteiger partial charge on any atom is -0.495 e. The van der Waals surface area contributed by atoms with Gasteiger partial charge in [-0.05, 0) is 55.0 Å². The van der Waals surface area contributed by atoms with E-state index in [9.17, 15) is 4.79 Å². The summed E-state index contributed by atoms with van der Waals surface area (Å²) in [7, 11) is 1.61. The SMILES string of the molecule is COc1ccccc1NC(=O)c1c(NCc2cccnc2)sc2c1CCCC2. The average Bonchev–Trinajstić information content (AvgIpc) is 3.12. The van der Waals surface area contributed by atoms with Crippen LogP contribution in [0.15, 0.2) is 48.8 Å². The zero-order chi connectivity index (χ0) is 19.3. The number of aromatic nitrogens is 1. The van der Waals surface area contributed by atoms with Gasteiger partial charge in [0.05, 0.1) is 18.4 Å². The first-order valence-electron chi connectivity index (χ1n) is 9.48. The summed E-state index contributed by atoms with van der Waals surface area (Å²) in [5.74, 6) is 0.572. The molecule has 0 aliphatic heterocycles. The number of ether oxygens (including phenoxy) is 1. The van der Waals surface area contributed by atoms with Crippen LogP contribution in [0.25, 0.3) is 0 Å². The second-order valence-electron chi connectivity index (χ2n) is 6.78. The number of hydrogen-bond acceptors (Lipinski definition) is 5. The summed E-state index contributed by atoms with van der Waals surface area (Å²) in [4.78, 5) is 18.7. The molecule has 0 bridgehead atoms. The Morgan fingerprint density at radius 1 is 1.18 bits per heavy atom. The van der Waals surface area contributed by atoms with E-state index < -0.39 is 0 Å². The van der Waals surface area contributed by atoms with Gasteiger partial charge >= 0.3 is 0 Å². The van der Waals surface area contributed by atoms with E-state index in [1.54, 1.807) is 24.6 Å². The van der Waals surface area contributed by atoms with E-state index in [1.807, 2.05) is 42.6 Å². The molecule has 4 rings (SSSR count). The largest absolute Gasteiger partial charge is 0.495 e. The van der Waals surface area contributed by atoms with Crippen molar-refractivity contribution in [2.24, 2.45) is 0 Å². The third-order valence-electron chi connectivity index (χ3n) is 4.93. The molecule has 0 saturated heterocycles. The monoisotopic (exact) mass is 393 g/mol. The molecule has 2 N–H and O–H groups in total. The molecule has 0 spiro atoms. The summed E-state index contributed by atoms with van der Waals surface area (Å²) in [6.45, 7) is 0.641. The molecule has 3 aromatic rings. The van der Waals surface area contributed by atoms with Gasteiger partial charge in [0.15, 0.2) is 0 Å². The summed E-state index contributed by atoms with van der Waals surface area (Å²) in [5, 5.41) is 7.44. The van der Waals surface area contributed by atoms with E-state index >= 15 is 0 Å². The van der Waals surface area contributed by atoms with Gasteiger partial charge in [-0.25, -0.2) is 0 Å². The van der Waals surface area contributed by atoms with Crippen LogP contribution in [0.1, 0.15) is 39.2 Å². The fourth-order valence-corrected chi connectivity index (χ4v) is 4.83. The molecule has 6 heteroatoms. The summed E-state index contributed by atoms with van der Waals surface area (Å²) in [5.41, 5.74) is 3.74. The summed E-state index contributed by atoms with van der Waals surface area (Å²) in [6.07, 6.45) is 7.91. The Kier molecular flexibility index (Phi) is 5.58. The van der Waals surface area contributed by atoms with Crippen molar-refractivity contribution < 1.29 is 9.53 Å². The second-order valence-corrected chi connectivity index (χ2v) is 7.89. The van der Waals surface area contributed by atoms with Gasteiger partial charge in [-0.2, -0.15) is 0 Å². The number of carbonyl (C=O) groups excluding carboxylic acids is 1. The molecule has 1 aliphatic rings. The zero-order valence-corrected chi connectivity index (χ0v) is 16.6. The summed E-state index contributed by atoms with van der Waals surface area (Å²) < 4.78 is 5.38. The standard InChI is InChI=1S/C22H23N3O2S/c1-27-18-10-4-3-9-17(18)25-21(26)20-16-8-2-5-11-19(16)28-22(20)24-14-15-7-6-12-23-13-15/h3-4,6-7,9-10,12-13,24H,2,5,8,11,14H2,1H3,(H,25,26).